The molecule has 88 valence electrons. The fourth-order valence-corrected chi connectivity index (χ4v) is 2.24. The molecule has 4 nitrogen and oxygen atoms in total. The summed E-state index contributed by atoms with van der Waals surface area (Å²) in [5.74, 6) is 0.0924. The number of rotatable bonds is 2. The Hall–Kier alpha value is -1.75. The molecule has 1 N–H and O–H groups in total. The number of nitrogens with zero attached hydrogens (tertiary/aromatic N) is 3. The maximum atomic E-state index is 13.7. The van der Waals surface area contributed by atoms with Crippen LogP contribution in [0, 0.1) is 5.82 Å². The van der Waals surface area contributed by atoms with Gasteiger partial charge in [0.1, 0.15) is 11.5 Å². The molecule has 1 aliphatic rings. The third-order valence-electron chi connectivity index (χ3n) is 3.13. The molecule has 0 spiro atoms. The lowest BCUT2D eigenvalue weighted by Gasteiger charge is -2.11. The number of para-hydroxylation sites is 1. The van der Waals surface area contributed by atoms with E-state index in [0.717, 1.165) is 25.2 Å². The summed E-state index contributed by atoms with van der Waals surface area (Å²) in [7, 11) is 0. The van der Waals surface area contributed by atoms with Gasteiger partial charge in [0, 0.05) is 12.5 Å². The Morgan fingerprint density at radius 3 is 3.00 bits per heavy atom. The highest BCUT2D eigenvalue weighted by molar-refractivity contribution is 5.34. The molecule has 0 radical (unpaired) electrons. The number of hydrogen-bond donors (Lipinski definition) is 1. The van der Waals surface area contributed by atoms with E-state index >= 15 is 0 Å². The zero-order valence-corrected chi connectivity index (χ0v) is 9.31. The minimum atomic E-state index is -0.273. The Kier molecular flexibility index (Phi) is 2.60. The standard InChI is InChI=1S/C12H13FN4/c13-10-3-1-2-4-11(10)17-12(8-15-16-17)9-5-6-14-7-9/h1-4,8-9,14H,5-7H2. The van der Waals surface area contributed by atoms with Gasteiger partial charge in [-0.25, -0.2) is 9.07 Å². The molecule has 17 heavy (non-hydrogen) atoms. The topological polar surface area (TPSA) is 42.7 Å². The molecule has 1 saturated heterocycles. The molecule has 1 atom stereocenters. The van der Waals surface area contributed by atoms with Crippen LogP contribution in [0.5, 0.6) is 0 Å². The van der Waals surface area contributed by atoms with Gasteiger partial charge in [0.05, 0.1) is 11.9 Å². The number of nitrogens with one attached hydrogen (secondary N) is 1. The van der Waals surface area contributed by atoms with Gasteiger partial charge in [-0.15, -0.1) is 5.10 Å². The molecule has 0 amide bonds. The van der Waals surface area contributed by atoms with E-state index in [2.05, 4.69) is 15.6 Å². The number of halogens is 1. The maximum absolute atomic E-state index is 13.7. The van der Waals surface area contributed by atoms with Gasteiger partial charge in [0.15, 0.2) is 0 Å². The van der Waals surface area contributed by atoms with Crippen LogP contribution in [0.3, 0.4) is 0 Å². The second-order valence-electron chi connectivity index (χ2n) is 4.21. The van der Waals surface area contributed by atoms with E-state index in [1.165, 1.54) is 6.07 Å². The second-order valence-corrected chi connectivity index (χ2v) is 4.21. The monoisotopic (exact) mass is 232 g/mol. The number of aromatic nitrogens is 3. The predicted molar refractivity (Wildman–Crippen MR) is 61.5 cm³/mol. The molecule has 1 aromatic carbocycles. The molecule has 3 rings (SSSR count). The lowest BCUT2D eigenvalue weighted by atomic mass is 10.1. The van der Waals surface area contributed by atoms with Crippen molar-refractivity contribution in [1.82, 2.24) is 20.3 Å². The average molecular weight is 232 g/mol. The van der Waals surface area contributed by atoms with Gasteiger partial charge < -0.3 is 5.32 Å². The Morgan fingerprint density at radius 1 is 1.35 bits per heavy atom. The van der Waals surface area contributed by atoms with Gasteiger partial charge >= 0.3 is 0 Å². The van der Waals surface area contributed by atoms with Crippen molar-refractivity contribution in [2.45, 2.75) is 12.3 Å². The van der Waals surface area contributed by atoms with Crippen LogP contribution in [0.15, 0.2) is 30.5 Å². The fraction of sp³-hybridized carbons (Fsp3) is 0.333. The Bertz CT molecular complexity index is 517. The van der Waals surface area contributed by atoms with Crippen LogP contribution in [0.25, 0.3) is 5.69 Å². The zero-order valence-electron chi connectivity index (χ0n) is 9.31. The van der Waals surface area contributed by atoms with Crippen LogP contribution in [-0.2, 0) is 0 Å². The van der Waals surface area contributed by atoms with E-state index in [-0.39, 0.29) is 5.82 Å². The minimum absolute atomic E-state index is 0.273. The van der Waals surface area contributed by atoms with E-state index in [4.69, 9.17) is 0 Å². The first-order chi connectivity index (χ1) is 8.36. The normalized spacial score (nSPS) is 19.7. The first-order valence-corrected chi connectivity index (χ1v) is 5.72. The highest BCUT2D eigenvalue weighted by Crippen LogP contribution is 2.24. The van der Waals surface area contributed by atoms with E-state index in [1.807, 2.05) is 0 Å². The van der Waals surface area contributed by atoms with Crippen LogP contribution >= 0.6 is 0 Å². The lowest BCUT2D eigenvalue weighted by molar-refractivity contribution is 0.593. The van der Waals surface area contributed by atoms with E-state index in [1.54, 1.807) is 29.1 Å². The molecule has 1 unspecified atom stereocenters. The summed E-state index contributed by atoms with van der Waals surface area (Å²) in [5, 5.41) is 11.2. The van der Waals surface area contributed by atoms with Crippen molar-refractivity contribution in [3.05, 3.63) is 42.0 Å². The molecule has 5 heteroatoms. The molecular weight excluding hydrogens is 219 g/mol. The van der Waals surface area contributed by atoms with Crippen LogP contribution in [0.1, 0.15) is 18.0 Å². The predicted octanol–water partition coefficient (Wildman–Crippen LogP) is 1.48. The van der Waals surface area contributed by atoms with Crippen molar-refractivity contribution in [2.24, 2.45) is 0 Å². The highest BCUT2D eigenvalue weighted by atomic mass is 19.1. The van der Waals surface area contributed by atoms with Crippen molar-refractivity contribution in [3.63, 3.8) is 0 Å². The van der Waals surface area contributed by atoms with Crippen molar-refractivity contribution in [3.8, 4) is 5.69 Å². The van der Waals surface area contributed by atoms with Crippen LogP contribution in [0.4, 0.5) is 4.39 Å². The highest BCUT2D eigenvalue weighted by Gasteiger charge is 2.22. The second kappa shape index (κ2) is 4.25. The van der Waals surface area contributed by atoms with E-state index in [0.29, 0.717) is 11.6 Å². The van der Waals surface area contributed by atoms with Gasteiger partial charge in [0.25, 0.3) is 0 Å². The van der Waals surface area contributed by atoms with Crippen LogP contribution < -0.4 is 5.32 Å². The van der Waals surface area contributed by atoms with Gasteiger partial charge in [-0.2, -0.15) is 0 Å². The van der Waals surface area contributed by atoms with Crippen molar-refractivity contribution in [1.29, 1.82) is 0 Å². The SMILES string of the molecule is Fc1ccccc1-n1nncc1C1CCNC1. The summed E-state index contributed by atoms with van der Waals surface area (Å²) in [6.07, 6.45) is 2.77. The van der Waals surface area contributed by atoms with Crippen LogP contribution in [-0.4, -0.2) is 28.1 Å². The molecular formula is C12H13FN4. The molecule has 0 aliphatic carbocycles. The molecule has 1 fully saturated rings. The molecule has 1 aromatic heterocycles. The van der Waals surface area contributed by atoms with E-state index < -0.39 is 0 Å². The molecule has 2 heterocycles. The maximum Gasteiger partial charge on any atom is 0.148 e. The van der Waals surface area contributed by atoms with Crippen molar-refractivity contribution in [2.75, 3.05) is 13.1 Å². The molecule has 0 bridgehead atoms. The first kappa shape index (κ1) is 10.4. The minimum Gasteiger partial charge on any atom is -0.316 e. The first-order valence-electron chi connectivity index (χ1n) is 5.72. The molecule has 2 aromatic rings. The van der Waals surface area contributed by atoms with Gasteiger partial charge in [-0.05, 0) is 25.1 Å². The molecule has 1 aliphatic heterocycles. The van der Waals surface area contributed by atoms with Gasteiger partial charge in [0.2, 0.25) is 0 Å². The Balaban J connectivity index is 2.04. The smallest absolute Gasteiger partial charge is 0.148 e. The average Bonchev–Trinajstić information content (AvgIpc) is 3.00. The third-order valence-corrected chi connectivity index (χ3v) is 3.13. The lowest BCUT2D eigenvalue weighted by Crippen LogP contribution is -2.12. The summed E-state index contributed by atoms with van der Waals surface area (Å²) >= 11 is 0. The summed E-state index contributed by atoms with van der Waals surface area (Å²) in [6.45, 7) is 1.90. The van der Waals surface area contributed by atoms with Crippen LogP contribution in [0.2, 0.25) is 0 Å². The van der Waals surface area contributed by atoms with Gasteiger partial charge in [-0.3, -0.25) is 0 Å². The Labute approximate surface area is 98.5 Å². The largest absolute Gasteiger partial charge is 0.316 e. The van der Waals surface area contributed by atoms with Crippen molar-refractivity contribution >= 4 is 0 Å². The Morgan fingerprint density at radius 2 is 2.24 bits per heavy atom. The molecule has 0 saturated carbocycles. The number of benzene rings is 1. The summed E-state index contributed by atoms with van der Waals surface area (Å²) in [4.78, 5) is 0. The summed E-state index contributed by atoms with van der Waals surface area (Å²) < 4.78 is 15.3. The third kappa shape index (κ3) is 1.82. The zero-order chi connectivity index (χ0) is 11.7. The summed E-state index contributed by atoms with van der Waals surface area (Å²) in [5.41, 5.74) is 1.44. The van der Waals surface area contributed by atoms with Crippen molar-refractivity contribution < 1.29 is 4.39 Å². The quantitative estimate of drug-likeness (QED) is 0.853. The fourth-order valence-electron chi connectivity index (χ4n) is 2.24. The number of hydrogen-bond acceptors (Lipinski definition) is 3. The summed E-state index contributed by atoms with van der Waals surface area (Å²) in [6, 6.07) is 6.63. The van der Waals surface area contributed by atoms with Gasteiger partial charge in [-0.1, -0.05) is 17.3 Å². The van der Waals surface area contributed by atoms with E-state index in [9.17, 15) is 4.39 Å².